The maximum Gasteiger partial charge on any atom is 0.252 e. The van der Waals surface area contributed by atoms with E-state index in [4.69, 9.17) is 11.6 Å². The van der Waals surface area contributed by atoms with Crippen molar-refractivity contribution in [3.63, 3.8) is 0 Å². The third-order valence-corrected chi connectivity index (χ3v) is 27.6. The predicted octanol–water partition coefficient (Wildman–Crippen LogP) is 35.7. The Kier molecular flexibility index (Phi) is 25.5. The van der Waals surface area contributed by atoms with Crippen LogP contribution in [0.2, 0.25) is 5.02 Å². The molecular weight excluding hydrogens is 1670 g/mol. The summed E-state index contributed by atoms with van der Waals surface area (Å²) >= 11 is 8.21. The molecule has 6 nitrogen and oxygen atoms in total. The van der Waals surface area contributed by atoms with Gasteiger partial charge in [-0.25, -0.2) is 0 Å². The second-order valence-corrected chi connectivity index (χ2v) is 45.8. The Morgan fingerprint density at radius 2 is 0.426 bits per heavy atom. The number of anilines is 18. The second kappa shape index (κ2) is 36.7. The average molecular weight is 1800 g/mol. The predicted molar refractivity (Wildman–Crippen MR) is 591 cm³/mol. The third-order valence-electron chi connectivity index (χ3n) is 27.2. The van der Waals surface area contributed by atoms with Crippen LogP contribution in [0.5, 0.6) is 0 Å². The third kappa shape index (κ3) is 19.4. The van der Waals surface area contributed by atoms with Crippen molar-refractivity contribution in [2.45, 2.75) is 209 Å². The van der Waals surface area contributed by atoms with Gasteiger partial charge in [0, 0.05) is 79.4 Å². The molecule has 0 aromatic heterocycles. The zero-order chi connectivity index (χ0) is 96.5. The fourth-order valence-electron chi connectivity index (χ4n) is 19.2. The number of halogens is 1. The number of benzene rings is 16. The van der Waals surface area contributed by atoms with Crippen molar-refractivity contribution in [2.75, 3.05) is 29.4 Å². The highest BCUT2D eigenvalue weighted by atomic mass is 35.5. The van der Waals surface area contributed by atoms with Gasteiger partial charge in [0.05, 0.1) is 39.1 Å². The Balaban J connectivity index is 0.000000189. The summed E-state index contributed by atoms with van der Waals surface area (Å²) in [7, 11) is 0. The molecule has 16 aromatic rings. The number of fused-ring (bicyclic) bond motifs is 4. The lowest BCUT2D eigenvalue weighted by Crippen LogP contribution is -2.61. The van der Waals surface area contributed by atoms with Crippen molar-refractivity contribution in [3.8, 4) is 22.3 Å². The molecule has 8 heteroatoms. The fraction of sp³-hybridized carbons (Fsp3) is 0.250. The van der Waals surface area contributed by atoms with Crippen LogP contribution in [-0.4, -0.2) is 6.71 Å². The summed E-state index contributed by atoms with van der Waals surface area (Å²) in [5.74, 6) is 0. The van der Waals surface area contributed by atoms with Crippen molar-refractivity contribution in [1.82, 2.24) is 0 Å². The first-order chi connectivity index (χ1) is 64.4. The van der Waals surface area contributed by atoms with Crippen LogP contribution >= 0.6 is 11.6 Å². The molecule has 136 heavy (non-hydrogen) atoms. The van der Waals surface area contributed by atoms with E-state index >= 15 is 0 Å². The van der Waals surface area contributed by atoms with Crippen LogP contribution in [0, 0.1) is 0 Å². The molecule has 0 N–H and O–H groups in total. The molecule has 0 spiro atoms. The van der Waals surface area contributed by atoms with Gasteiger partial charge >= 0.3 is 0 Å². The first-order valence-electron chi connectivity index (χ1n) is 48.6. The van der Waals surface area contributed by atoms with Gasteiger partial charge in [0.2, 0.25) is 0 Å². The van der Waals surface area contributed by atoms with Gasteiger partial charge in [-0.3, -0.25) is 0 Å². The quantitative estimate of drug-likeness (QED) is 0.0892. The van der Waals surface area contributed by atoms with Gasteiger partial charge in [0.1, 0.15) is 0 Å². The lowest BCUT2D eigenvalue weighted by Gasteiger charge is -2.45. The van der Waals surface area contributed by atoms with Crippen molar-refractivity contribution >= 4 is 137 Å². The van der Waals surface area contributed by atoms with Crippen LogP contribution in [0.4, 0.5) is 102 Å². The van der Waals surface area contributed by atoms with E-state index in [1.165, 1.54) is 94.8 Å². The molecule has 0 fully saturated rings. The molecule has 0 atom stereocenters. The molecule has 0 radical (unpaired) electrons. The van der Waals surface area contributed by atoms with E-state index in [9.17, 15) is 0 Å². The number of nitrogens with zero attached hydrogens (tertiary/aromatic N) is 6. The molecule has 0 bridgehead atoms. The molecule has 2 aliphatic heterocycles. The van der Waals surface area contributed by atoms with Gasteiger partial charge in [-0.1, -0.05) is 408 Å². The topological polar surface area (TPSA) is 19.4 Å². The van der Waals surface area contributed by atoms with Crippen LogP contribution in [0.25, 0.3) is 22.3 Å². The fourth-order valence-corrected chi connectivity index (χ4v) is 19.5. The molecule has 2 heterocycles. The Morgan fingerprint density at radius 3 is 0.706 bits per heavy atom. The monoisotopic (exact) mass is 1800 g/mol. The van der Waals surface area contributed by atoms with Gasteiger partial charge in [0.15, 0.2) is 0 Å². The number of rotatable bonds is 16. The molecule has 0 saturated carbocycles. The largest absolute Gasteiger partial charge is 0.311 e. The van der Waals surface area contributed by atoms with Gasteiger partial charge < -0.3 is 29.4 Å². The summed E-state index contributed by atoms with van der Waals surface area (Å²) < 4.78 is 0. The van der Waals surface area contributed by atoms with Crippen molar-refractivity contribution in [1.29, 1.82) is 0 Å². The van der Waals surface area contributed by atoms with Crippen LogP contribution in [0.3, 0.4) is 0 Å². The molecule has 16 aromatic carbocycles. The summed E-state index contributed by atoms with van der Waals surface area (Å²) in [6.45, 7) is 55.0. The lowest BCUT2D eigenvalue weighted by molar-refractivity contribution is 0.590. The summed E-state index contributed by atoms with van der Waals surface area (Å²) in [6.07, 6.45) is 0. The Hall–Kier alpha value is -13.3. The first kappa shape index (κ1) is 94.4. The number of hydrogen-bond donors (Lipinski definition) is 0. The molecule has 686 valence electrons. The number of hydrogen-bond acceptors (Lipinski definition) is 6. The van der Waals surface area contributed by atoms with Crippen LogP contribution < -0.4 is 45.8 Å². The standard InChI is InChI=1S/C64H66BN3.C64H68ClN3/c1-61(2,3)44-27-33-49(34-28-44)67-56-37-31-46(63(7,8)9)39-53(56)65-54-40-47(64(10,11)12)32-38-57(54)68(50-35-29-45(30-36-50)62(4,5)6)59-42-51(41-58(67)60(59)65)66(48-23-17-14-18-24-48)55-26-20-19-25-52(55)43-21-15-13-16-22-43;1-61(2,3)46-27-35-51(36-28-46)66(52-37-29-47(30-38-52)62(4,5)6)58-43-55(68(50-23-17-14-18-24-50)57-26-20-19-25-56(57)45-21-15-13-16-22-45)44-59(60(58)65)67(53-39-31-48(32-40-53)63(7,8)9)54-41-33-49(34-42-54)64(10,11)12/h13-42H,1-12H3;13-44H,1-12H3. The molecule has 0 amide bonds. The van der Waals surface area contributed by atoms with Crippen molar-refractivity contribution < 1.29 is 0 Å². The van der Waals surface area contributed by atoms with Crippen LogP contribution in [0.1, 0.15) is 211 Å². The van der Waals surface area contributed by atoms with E-state index in [0.29, 0.717) is 5.02 Å². The molecule has 2 aliphatic rings. The van der Waals surface area contributed by atoms with Crippen molar-refractivity contribution in [2.24, 2.45) is 0 Å². The SMILES string of the molecule is CC(C)(C)c1ccc(N(c2ccc(C(C)(C)C)cc2)c2cc(N(c3ccccc3)c3ccccc3-c3ccccc3)cc(N(c3ccc(C(C)(C)C)cc3)c3ccc(C(C)(C)C)cc3)c2Cl)cc1.CC(C)(C)c1ccc(N2c3ccc(C(C)(C)C)cc3B3c4cc(C(C)(C)C)ccc4N(c4ccc(C(C)(C)C)cc4)c4cc(N(c5ccccc5)c5ccccc5-c5ccccc5)cc2c43)cc1. The van der Waals surface area contributed by atoms with Crippen LogP contribution in [-0.2, 0) is 43.3 Å². The number of para-hydroxylation sites is 4. The molecular formula is C128H134BClN6. The first-order valence-corrected chi connectivity index (χ1v) is 49.0. The summed E-state index contributed by atoms with van der Waals surface area (Å²) in [4.78, 5) is 14.7. The average Bonchev–Trinajstić information content (AvgIpc) is 0.689. The molecule has 0 unspecified atom stereocenters. The van der Waals surface area contributed by atoms with E-state index < -0.39 is 0 Å². The van der Waals surface area contributed by atoms with Crippen molar-refractivity contribution in [3.05, 3.63) is 426 Å². The van der Waals surface area contributed by atoms with E-state index in [-0.39, 0.29) is 50.0 Å². The smallest absolute Gasteiger partial charge is 0.252 e. The Labute approximate surface area is 818 Å². The van der Waals surface area contributed by atoms with Crippen LogP contribution in [0.15, 0.2) is 376 Å². The maximum absolute atomic E-state index is 8.21. The highest BCUT2D eigenvalue weighted by Crippen LogP contribution is 2.56. The Bertz CT molecular complexity index is 6410. The highest BCUT2D eigenvalue weighted by molar-refractivity contribution is 7.00. The minimum Gasteiger partial charge on any atom is -0.311 e. The maximum atomic E-state index is 8.21. The van der Waals surface area contributed by atoms with E-state index in [1.54, 1.807) is 0 Å². The molecule has 0 saturated heterocycles. The zero-order valence-electron chi connectivity index (χ0n) is 84.4. The van der Waals surface area contributed by atoms with E-state index in [2.05, 4.69) is 572 Å². The van der Waals surface area contributed by atoms with Gasteiger partial charge in [-0.15, -0.1) is 0 Å². The molecule has 18 rings (SSSR count). The van der Waals surface area contributed by atoms with Gasteiger partial charge in [-0.2, -0.15) is 0 Å². The Morgan fingerprint density at radius 1 is 0.199 bits per heavy atom. The summed E-state index contributed by atoms with van der Waals surface area (Å²) in [5, 5.41) is 0.623. The summed E-state index contributed by atoms with van der Waals surface area (Å²) in [5.41, 5.74) is 38.0. The van der Waals surface area contributed by atoms with E-state index in [1.807, 2.05) is 0 Å². The normalized spacial score (nSPS) is 12.8. The second-order valence-electron chi connectivity index (χ2n) is 45.4. The summed E-state index contributed by atoms with van der Waals surface area (Å²) in [6, 6.07) is 140. The minimum atomic E-state index is -0.0465. The lowest BCUT2D eigenvalue weighted by atomic mass is 9.33. The highest BCUT2D eigenvalue weighted by Gasteiger charge is 2.46. The minimum absolute atomic E-state index is 0.0175. The van der Waals surface area contributed by atoms with Gasteiger partial charge in [-0.05, 0) is 261 Å². The van der Waals surface area contributed by atoms with E-state index in [0.717, 1.165) is 90.8 Å². The zero-order valence-corrected chi connectivity index (χ0v) is 85.2. The molecule has 0 aliphatic carbocycles. The van der Waals surface area contributed by atoms with Gasteiger partial charge in [0.25, 0.3) is 6.71 Å².